The number of sulfonamides is 1. The van der Waals surface area contributed by atoms with Crippen LogP contribution in [0.25, 0.3) is 0 Å². The van der Waals surface area contributed by atoms with Gasteiger partial charge in [0.1, 0.15) is 6.10 Å². The van der Waals surface area contributed by atoms with Crippen LogP contribution in [0.15, 0.2) is 35.5 Å². The van der Waals surface area contributed by atoms with Gasteiger partial charge in [0.15, 0.2) is 11.6 Å². The number of halogens is 2. The molecule has 27 heavy (non-hydrogen) atoms. The standard InChI is InChI=1S/C17H19ClFN3O4S/c1-2-25-16-6-5-14(8-15(16)19)27(23,24)22-7-3-4-13(11-22)26-17-20-9-12(18)10-21-17/h5-6,8-10,13H,2-4,7,11H2,1H3. The van der Waals surface area contributed by atoms with Crippen molar-refractivity contribution in [1.82, 2.24) is 14.3 Å². The molecule has 3 rings (SSSR count). The third-order valence-electron chi connectivity index (χ3n) is 4.05. The highest BCUT2D eigenvalue weighted by Gasteiger charge is 2.32. The minimum Gasteiger partial charge on any atom is -0.491 e. The highest BCUT2D eigenvalue weighted by atomic mass is 35.5. The third kappa shape index (κ3) is 4.66. The molecular formula is C17H19ClFN3O4S. The van der Waals surface area contributed by atoms with E-state index in [-0.39, 0.29) is 23.2 Å². The molecule has 1 aliphatic heterocycles. The highest BCUT2D eigenvalue weighted by Crippen LogP contribution is 2.26. The number of nitrogens with zero attached hydrogens (tertiary/aromatic N) is 3. The Hall–Kier alpha value is -1.97. The van der Waals surface area contributed by atoms with E-state index in [4.69, 9.17) is 21.1 Å². The summed E-state index contributed by atoms with van der Waals surface area (Å²) in [5.74, 6) is -0.687. The molecule has 146 valence electrons. The van der Waals surface area contributed by atoms with Crippen LogP contribution in [-0.4, -0.2) is 48.5 Å². The first-order chi connectivity index (χ1) is 12.9. The first kappa shape index (κ1) is 19.8. The van der Waals surface area contributed by atoms with Crippen LogP contribution in [0, 0.1) is 5.82 Å². The fourth-order valence-electron chi connectivity index (χ4n) is 2.79. The summed E-state index contributed by atoms with van der Waals surface area (Å²) < 4.78 is 51.9. The highest BCUT2D eigenvalue weighted by molar-refractivity contribution is 7.89. The number of hydrogen-bond donors (Lipinski definition) is 0. The van der Waals surface area contributed by atoms with Gasteiger partial charge in [0.25, 0.3) is 0 Å². The summed E-state index contributed by atoms with van der Waals surface area (Å²) in [5, 5.41) is 0.382. The van der Waals surface area contributed by atoms with Crippen molar-refractivity contribution in [3.8, 4) is 11.8 Å². The van der Waals surface area contributed by atoms with Gasteiger partial charge in [0, 0.05) is 6.54 Å². The van der Waals surface area contributed by atoms with Gasteiger partial charge < -0.3 is 9.47 Å². The first-order valence-corrected chi connectivity index (χ1v) is 10.3. The summed E-state index contributed by atoms with van der Waals surface area (Å²) in [6, 6.07) is 3.78. The second kappa shape index (κ2) is 8.37. The van der Waals surface area contributed by atoms with Crippen molar-refractivity contribution in [2.24, 2.45) is 0 Å². The number of aromatic nitrogens is 2. The maximum absolute atomic E-state index is 14.1. The van der Waals surface area contributed by atoms with Crippen LogP contribution in [-0.2, 0) is 10.0 Å². The molecule has 0 amide bonds. The van der Waals surface area contributed by atoms with Crippen molar-refractivity contribution >= 4 is 21.6 Å². The van der Waals surface area contributed by atoms with Crippen LogP contribution >= 0.6 is 11.6 Å². The van der Waals surface area contributed by atoms with E-state index in [1.54, 1.807) is 6.92 Å². The van der Waals surface area contributed by atoms with E-state index >= 15 is 0 Å². The minimum atomic E-state index is -3.85. The molecule has 1 fully saturated rings. The smallest absolute Gasteiger partial charge is 0.316 e. The fraction of sp³-hybridized carbons (Fsp3) is 0.412. The second-order valence-electron chi connectivity index (χ2n) is 5.95. The molecule has 0 saturated carbocycles. The average molecular weight is 416 g/mol. The van der Waals surface area contributed by atoms with Crippen molar-refractivity contribution in [3.63, 3.8) is 0 Å². The van der Waals surface area contributed by atoms with Crippen molar-refractivity contribution in [2.45, 2.75) is 30.8 Å². The molecule has 1 saturated heterocycles. The lowest BCUT2D eigenvalue weighted by molar-refractivity contribution is 0.119. The van der Waals surface area contributed by atoms with Crippen LogP contribution < -0.4 is 9.47 Å². The van der Waals surface area contributed by atoms with Crippen LogP contribution in [0.4, 0.5) is 4.39 Å². The van der Waals surface area contributed by atoms with Gasteiger partial charge in [-0.15, -0.1) is 0 Å². The number of piperidine rings is 1. The number of ether oxygens (including phenoxy) is 2. The molecule has 7 nitrogen and oxygen atoms in total. The number of hydrogen-bond acceptors (Lipinski definition) is 6. The van der Waals surface area contributed by atoms with Gasteiger partial charge in [-0.05, 0) is 38.0 Å². The van der Waals surface area contributed by atoms with Gasteiger partial charge in [0.2, 0.25) is 10.0 Å². The summed E-state index contributed by atoms with van der Waals surface area (Å²) in [4.78, 5) is 7.80. The molecule has 0 bridgehead atoms. The molecule has 2 heterocycles. The topological polar surface area (TPSA) is 81.6 Å². The first-order valence-electron chi connectivity index (χ1n) is 8.47. The molecule has 2 aromatic rings. The molecule has 1 aromatic heterocycles. The Labute approximate surface area is 162 Å². The molecule has 1 unspecified atom stereocenters. The zero-order chi connectivity index (χ0) is 19.4. The summed E-state index contributed by atoms with van der Waals surface area (Å²) in [5.41, 5.74) is 0. The second-order valence-corrected chi connectivity index (χ2v) is 8.33. The van der Waals surface area contributed by atoms with Crippen LogP contribution in [0.2, 0.25) is 5.02 Å². The van der Waals surface area contributed by atoms with Crippen LogP contribution in [0.3, 0.4) is 0 Å². The van der Waals surface area contributed by atoms with Gasteiger partial charge >= 0.3 is 6.01 Å². The Morgan fingerprint density at radius 3 is 2.74 bits per heavy atom. The largest absolute Gasteiger partial charge is 0.491 e. The van der Waals surface area contributed by atoms with Gasteiger partial charge in [-0.3, -0.25) is 0 Å². The van der Waals surface area contributed by atoms with E-state index in [9.17, 15) is 12.8 Å². The number of rotatable bonds is 6. The Bertz CT molecular complexity index is 896. The van der Waals surface area contributed by atoms with Crippen molar-refractivity contribution < 1.29 is 22.3 Å². The predicted molar refractivity (Wildman–Crippen MR) is 97.0 cm³/mol. The zero-order valence-corrected chi connectivity index (χ0v) is 16.2. The summed E-state index contributed by atoms with van der Waals surface area (Å²) in [6.45, 7) is 2.48. The zero-order valence-electron chi connectivity index (χ0n) is 14.6. The molecule has 1 aromatic carbocycles. The van der Waals surface area contributed by atoms with Gasteiger partial charge in [-0.25, -0.2) is 22.8 Å². The molecule has 0 N–H and O–H groups in total. The van der Waals surface area contributed by atoms with E-state index in [2.05, 4.69) is 9.97 Å². The lowest BCUT2D eigenvalue weighted by atomic mass is 10.1. The molecule has 1 atom stereocenters. The maximum Gasteiger partial charge on any atom is 0.316 e. The SMILES string of the molecule is CCOc1ccc(S(=O)(=O)N2CCCC(Oc3ncc(Cl)cn3)C2)cc1F. The minimum absolute atomic E-state index is 0.0243. The molecule has 0 radical (unpaired) electrons. The number of benzene rings is 1. The molecule has 0 aliphatic carbocycles. The quantitative estimate of drug-likeness (QED) is 0.721. The van der Waals surface area contributed by atoms with Crippen LogP contribution in [0.1, 0.15) is 19.8 Å². The van der Waals surface area contributed by atoms with Gasteiger partial charge in [-0.1, -0.05) is 11.6 Å². The fourth-order valence-corrected chi connectivity index (χ4v) is 4.41. The van der Waals surface area contributed by atoms with Crippen molar-refractivity contribution in [2.75, 3.05) is 19.7 Å². The van der Waals surface area contributed by atoms with E-state index < -0.39 is 21.9 Å². The average Bonchev–Trinajstić information content (AvgIpc) is 2.65. The summed E-state index contributed by atoms with van der Waals surface area (Å²) >= 11 is 5.74. The molecule has 1 aliphatic rings. The predicted octanol–water partition coefficient (Wildman–Crippen LogP) is 2.90. The van der Waals surface area contributed by atoms with E-state index in [0.29, 0.717) is 31.0 Å². The van der Waals surface area contributed by atoms with Crippen molar-refractivity contribution in [1.29, 1.82) is 0 Å². The van der Waals surface area contributed by atoms with E-state index in [0.717, 1.165) is 6.07 Å². The molecule has 0 spiro atoms. The van der Waals surface area contributed by atoms with E-state index in [1.165, 1.54) is 28.8 Å². The van der Waals surface area contributed by atoms with E-state index in [1.807, 2.05) is 0 Å². The lowest BCUT2D eigenvalue weighted by Gasteiger charge is -2.31. The monoisotopic (exact) mass is 415 g/mol. The summed E-state index contributed by atoms with van der Waals surface area (Å²) in [7, 11) is -3.85. The lowest BCUT2D eigenvalue weighted by Crippen LogP contribution is -2.44. The van der Waals surface area contributed by atoms with Crippen LogP contribution in [0.5, 0.6) is 11.8 Å². The molecule has 10 heteroatoms. The Morgan fingerprint density at radius 2 is 2.07 bits per heavy atom. The summed E-state index contributed by atoms with van der Waals surface area (Å²) in [6.07, 6.45) is 3.68. The Morgan fingerprint density at radius 1 is 1.33 bits per heavy atom. The maximum atomic E-state index is 14.1. The van der Waals surface area contributed by atoms with Gasteiger partial charge in [0.05, 0.1) is 35.5 Å². The normalized spacial score (nSPS) is 18.3. The third-order valence-corrected chi connectivity index (χ3v) is 6.11. The van der Waals surface area contributed by atoms with Gasteiger partial charge in [-0.2, -0.15) is 4.31 Å². The Balaban J connectivity index is 1.74. The molecular weight excluding hydrogens is 397 g/mol. The Kier molecular flexibility index (Phi) is 6.13. The van der Waals surface area contributed by atoms with Crippen molar-refractivity contribution in [3.05, 3.63) is 41.4 Å².